The lowest BCUT2D eigenvalue weighted by molar-refractivity contribution is -0.994. The van der Waals surface area contributed by atoms with Gasteiger partial charge in [0, 0.05) is 36.9 Å². The molecule has 0 spiro atoms. The molecule has 3 rings (SSSR count). The minimum atomic E-state index is 0.686. The van der Waals surface area contributed by atoms with Crippen molar-refractivity contribution < 1.29 is 4.48 Å². The van der Waals surface area contributed by atoms with Crippen molar-refractivity contribution in [3.05, 3.63) is 36.2 Å². The van der Waals surface area contributed by atoms with Crippen molar-refractivity contribution in [1.82, 2.24) is 0 Å². The first-order chi connectivity index (χ1) is 9.14. The summed E-state index contributed by atoms with van der Waals surface area (Å²) in [7, 11) is 0. The highest BCUT2D eigenvalue weighted by atomic mass is 15.4. The Morgan fingerprint density at radius 1 is 1.16 bits per heavy atom. The topological polar surface area (TPSA) is 26.0 Å². The zero-order valence-electron chi connectivity index (χ0n) is 12.2. The Bertz CT molecular complexity index is 436. The van der Waals surface area contributed by atoms with E-state index in [-0.39, 0.29) is 0 Å². The van der Waals surface area contributed by atoms with Gasteiger partial charge in [-0.15, -0.1) is 0 Å². The molecule has 2 heterocycles. The van der Waals surface area contributed by atoms with E-state index < -0.39 is 0 Å². The summed E-state index contributed by atoms with van der Waals surface area (Å²) >= 11 is 0. The number of anilines is 1. The normalized spacial score (nSPS) is 33.8. The van der Waals surface area contributed by atoms with Gasteiger partial charge in [-0.3, -0.25) is 0 Å². The van der Waals surface area contributed by atoms with Crippen LogP contribution in [0.3, 0.4) is 0 Å². The first kappa shape index (κ1) is 13.0. The molecular formula is C17H26N2+. The second kappa shape index (κ2) is 4.82. The second-order valence-corrected chi connectivity index (χ2v) is 6.59. The van der Waals surface area contributed by atoms with Gasteiger partial charge in [-0.2, -0.15) is 0 Å². The molecule has 0 aliphatic carbocycles. The molecule has 2 nitrogen and oxygen atoms in total. The lowest BCUT2D eigenvalue weighted by Gasteiger charge is -2.51. The Labute approximate surface area is 117 Å². The highest BCUT2D eigenvalue weighted by Gasteiger charge is 2.53. The van der Waals surface area contributed by atoms with E-state index in [9.17, 15) is 0 Å². The number of piperidine rings is 1. The van der Waals surface area contributed by atoms with Gasteiger partial charge < -0.3 is 10.2 Å². The highest BCUT2D eigenvalue weighted by Crippen LogP contribution is 2.46. The largest absolute Gasteiger partial charge is 0.398 e. The van der Waals surface area contributed by atoms with E-state index in [0.717, 1.165) is 24.3 Å². The Morgan fingerprint density at radius 2 is 1.79 bits per heavy atom. The Balaban J connectivity index is 1.96. The molecule has 0 amide bonds. The van der Waals surface area contributed by atoms with Crippen LogP contribution in [0.4, 0.5) is 5.69 Å². The number of fused-ring (bicyclic) bond motifs is 2. The van der Waals surface area contributed by atoms with Crippen molar-refractivity contribution in [3.63, 3.8) is 0 Å². The molecule has 0 saturated carbocycles. The molecule has 2 N–H and O–H groups in total. The molecule has 0 aromatic heterocycles. The molecule has 2 heteroatoms. The van der Waals surface area contributed by atoms with Crippen LogP contribution in [0.5, 0.6) is 0 Å². The number of rotatable bonds is 3. The van der Waals surface area contributed by atoms with Crippen LogP contribution in [-0.2, 0) is 6.54 Å². The molecule has 103 valence electrons. The molecule has 2 aliphatic heterocycles. The number of hydrogen-bond acceptors (Lipinski definition) is 1. The van der Waals surface area contributed by atoms with Gasteiger partial charge in [-0.25, -0.2) is 0 Å². The van der Waals surface area contributed by atoms with Gasteiger partial charge in [0.25, 0.3) is 0 Å². The number of nitrogens with zero attached hydrogens (tertiary/aromatic N) is 1. The zero-order valence-corrected chi connectivity index (χ0v) is 12.2. The molecule has 2 bridgehead atoms. The number of nitrogens with two attached hydrogens (primary N) is 1. The van der Waals surface area contributed by atoms with E-state index in [1.807, 2.05) is 12.1 Å². The molecule has 19 heavy (non-hydrogen) atoms. The molecular weight excluding hydrogens is 232 g/mol. The highest BCUT2D eigenvalue weighted by molar-refractivity contribution is 5.45. The number of nitrogen functional groups attached to an aromatic ring is 1. The monoisotopic (exact) mass is 258 g/mol. The van der Waals surface area contributed by atoms with E-state index in [0.29, 0.717) is 6.04 Å². The molecule has 1 radical (unpaired) electrons. The number of hydrogen-bond donors (Lipinski definition) is 1. The molecule has 1 aromatic carbocycles. The van der Waals surface area contributed by atoms with Crippen LogP contribution >= 0.6 is 0 Å². The maximum absolute atomic E-state index is 6.19. The van der Waals surface area contributed by atoms with Crippen LogP contribution in [0.1, 0.15) is 45.1 Å². The van der Waals surface area contributed by atoms with E-state index in [1.165, 1.54) is 35.7 Å². The molecule has 2 saturated heterocycles. The molecule has 2 unspecified atom stereocenters. The van der Waals surface area contributed by atoms with Gasteiger partial charge in [0.15, 0.2) is 0 Å². The van der Waals surface area contributed by atoms with Crippen LogP contribution in [-0.4, -0.2) is 22.6 Å². The quantitative estimate of drug-likeness (QED) is 0.651. The number of benzene rings is 1. The van der Waals surface area contributed by atoms with Gasteiger partial charge in [0.2, 0.25) is 0 Å². The smallest absolute Gasteiger partial charge is 0.107 e. The lowest BCUT2D eigenvalue weighted by atomic mass is 9.94. The van der Waals surface area contributed by atoms with Crippen LogP contribution in [0, 0.1) is 6.42 Å². The minimum absolute atomic E-state index is 0.686. The summed E-state index contributed by atoms with van der Waals surface area (Å²) < 4.78 is 1.27. The van der Waals surface area contributed by atoms with Crippen molar-refractivity contribution >= 4 is 5.69 Å². The lowest BCUT2D eigenvalue weighted by Crippen LogP contribution is -2.62. The Kier molecular flexibility index (Phi) is 3.30. The summed E-state index contributed by atoms with van der Waals surface area (Å²) in [6.07, 6.45) is 7.90. The molecule has 2 atom stereocenters. The van der Waals surface area contributed by atoms with Crippen LogP contribution in [0.15, 0.2) is 24.3 Å². The SMILES string of the molecule is CC(C)[N+]1(Cc2ccccc2N)C2C[CH]CC1CC2. The third-order valence-corrected chi connectivity index (χ3v) is 5.53. The second-order valence-electron chi connectivity index (χ2n) is 6.59. The summed E-state index contributed by atoms with van der Waals surface area (Å²) in [5.41, 5.74) is 8.50. The van der Waals surface area contributed by atoms with Crippen molar-refractivity contribution in [2.45, 2.75) is 64.2 Å². The van der Waals surface area contributed by atoms with Gasteiger partial charge in [-0.1, -0.05) is 18.2 Å². The van der Waals surface area contributed by atoms with Crippen LogP contribution < -0.4 is 5.73 Å². The van der Waals surface area contributed by atoms with Crippen LogP contribution in [0.2, 0.25) is 0 Å². The fraction of sp³-hybridized carbons (Fsp3) is 0.588. The predicted molar refractivity (Wildman–Crippen MR) is 80.3 cm³/mol. The van der Waals surface area contributed by atoms with Gasteiger partial charge in [0.05, 0.1) is 18.1 Å². The van der Waals surface area contributed by atoms with Crippen LogP contribution in [0.25, 0.3) is 0 Å². The number of quaternary nitrogens is 1. The Morgan fingerprint density at radius 3 is 2.37 bits per heavy atom. The van der Waals surface area contributed by atoms with Gasteiger partial charge >= 0.3 is 0 Å². The summed E-state index contributed by atoms with van der Waals surface area (Å²) in [6, 6.07) is 10.7. The molecule has 2 fully saturated rings. The van der Waals surface area contributed by atoms with E-state index >= 15 is 0 Å². The maximum atomic E-state index is 6.19. The Hall–Kier alpha value is -1.02. The van der Waals surface area contributed by atoms with Crippen molar-refractivity contribution in [2.24, 2.45) is 0 Å². The summed E-state index contributed by atoms with van der Waals surface area (Å²) in [5.74, 6) is 0. The average Bonchev–Trinajstić information content (AvgIpc) is 2.59. The molecule has 1 aromatic rings. The van der Waals surface area contributed by atoms with Crippen molar-refractivity contribution in [1.29, 1.82) is 0 Å². The minimum Gasteiger partial charge on any atom is -0.398 e. The third-order valence-electron chi connectivity index (χ3n) is 5.53. The first-order valence-electron chi connectivity index (χ1n) is 7.66. The predicted octanol–water partition coefficient (Wildman–Crippen LogP) is 3.52. The maximum Gasteiger partial charge on any atom is 0.107 e. The van der Waals surface area contributed by atoms with Gasteiger partial charge in [-0.05, 0) is 26.3 Å². The summed E-state index contributed by atoms with van der Waals surface area (Å²) in [6.45, 7) is 5.92. The first-order valence-corrected chi connectivity index (χ1v) is 7.66. The zero-order chi connectivity index (χ0) is 13.5. The standard InChI is InChI=1S/C17H26N2/c1-13(2)19(12-14-6-3-4-9-17(14)18)15-7-5-8-16(19)11-10-15/h3-6,9,13,15-16H,7-8,10-12,18H2,1-2H3/q+1. The van der Waals surface area contributed by atoms with E-state index in [2.05, 4.69) is 32.4 Å². The summed E-state index contributed by atoms with van der Waals surface area (Å²) in [4.78, 5) is 0. The van der Waals surface area contributed by atoms with Crippen molar-refractivity contribution in [2.75, 3.05) is 5.73 Å². The summed E-state index contributed by atoms with van der Waals surface area (Å²) in [5, 5.41) is 0. The fourth-order valence-corrected chi connectivity index (χ4v) is 4.53. The number of para-hydroxylation sites is 1. The van der Waals surface area contributed by atoms with Crippen molar-refractivity contribution in [3.8, 4) is 0 Å². The van der Waals surface area contributed by atoms with E-state index in [4.69, 9.17) is 5.73 Å². The average molecular weight is 258 g/mol. The fourth-order valence-electron chi connectivity index (χ4n) is 4.53. The third kappa shape index (κ3) is 1.97. The van der Waals surface area contributed by atoms with E-state index in [1.54, 1.807) is 0 Å². The molecule has 2 aliphatic rings. The van der Waals surface area contributed by atoms with Gasteiger partial charge in [0.1, 0.15) is 6.54 Å².